The van der Waals surface area contributed by atoms with Crippen molar-refractivity contribution in [3.63, 3.8) is 0 Å². The highest BCUT2D eigenvalue weighted by atomic mass is 35.5. The van der Waals surface area contributed by atoms with Crippen LogP contribution < -0.4 is 10.6 Å². The van der Waals surface area contributed by atoms with Crippen molar-refractivity contribution in [3.05, 3.63) is 36.8 Å². The summed E-state index contributed by atoms with van der Waals surface area (Å²) in [5.41, 5.74) is 0.165. The maximum atomic E-state index is 12.6. The number of carbonyl (C=O) groups is 1. The molecule has 2 N–H and O–H groups in total. The Morgan fingerprint density at radius 1 is 1.52 bits per heavy atom. The van der Waals surface area contributed by atoms with Crippen LogP contribution in [0, 0.1) is 5.41 Å². The molecule has 1 fully saturated rings. The first-order chi connectivity index (χ1) is 10.7. The lowest BCUT2D eigenvalue weighted by Crippen LogP contribution is -2.41. The molecule has 2 aromatic rings. The smallest absolute Gasteiger partial charge is 0.234 e. The van der Waals surface area contributed by atoms with Crippen molar-refractivity contribution in [2.75, 3.05) is 32.1 Å². The molecule has 1 saturated heterocycles. The van der Waals surface area contributed by atoms with E-state index in [1.54, 1.807) is 24.2 Å². The topological polar surface area (TPSA) is 81.1 Å². The number of nitrogens with zero attached hydrogens (tertiary/aromatic N) is 3. The summed E-state index contributed by atoms with van der Waals surface area (Å²) in [5.74, 6) is 0.671. The van der Waals surface area contributed by atoms with Gasteiger partial charge in [-0.2, -0.15) is 5.10 Å². The average Bonchev–Trinajstić information content (AvgIpc) is 3.20. The van der Waals surface area contributed by atoms with Crippen LogP contribution in [0.4, 0.5) is 5.69 Å². The maximum Gasteiger partial charge on any atom is 0.234 e. The highest BCUT2D eigenvalue weighted by molar-refractivity contribution is 5.95. The van der Waals surface area contributed by atoms with Gasteiger partial charge in [0.1, 0.15) is 0 Å². The Bertz CT molecular complexity index is 624. The fraction of sp³-hybridized carbons (Fsp3) is 0.400. The Morgan fingerprint density at radius 3 is 2.96 bits per heavy atom. The summed E-state index contributed by atoms with van der Waals surface area (Å²) >= 11 is 0. The zero-order valence-electron chi connectivity index (χ0n) is 12.9. The summed E-state index contributed by atoms with van der Waals surface area (Å²) in [4.78, 5) is 16.9. The lowest BCUT2D eigenvalue weighted by molar-refractivity contribution is -0.127. The van der Waals surface area contributed by atoms with E-state index in [1.807, 2.05) is 24.4 Å². The van der Waals surface area contributed by atoms with Gasteiger partial charge in [0.15, 0.2) is 5.82 Å². The average molecular weight is 338 g/mol. The molecule has 1 amide bonds. The summed E-state index contributed by atoms with van der Waals surface area (Å²) in [6.07, 6.45) is 5.92. The van der Waals surface area contributed by atoms with Crippen molar-refractivity contribution in [2.24, 2.45) is 5.41 Å². The highest BCUT2D eigenvalue weighted by Crippen LogP contribution is 2.27. The second-order valence-corrected chi connectivity index (χ2v) is 5.45. The molecule has 1 aliphatic heterocycles. The monoisotopic (exact) mass is 337 g/mol. The second kappa shape index (κ2) is 7.54. The number of hydrogen-bond acceptors (Lipinski definition) is 5. The number of aromatic nitrogens is 3. The standard InChI is InChI=1S/C15H19N5O2.ClH/c1-22-11-15(5-7-16-10-15)14(21)19-12-3-4-13(17-9-12)20-8-2-6-18-20;/h2-4,6,8-9,16H,5,7,10-11H2,1H3,(H,19,21);1H. The Kier molecular flexibility index (Phi) is 5.70. The summed E-state index contributed by atoms with van der Waals surface area (Å²) in [5, 5.41) is 10.3. The molecule has 1 aliphatic rings. The van der Waals surface area contributed by atoms with Crippen molar-refractivity contribution >= 4 is 24.0 Å². The van der Waals surface area contributed by atoms with Crippen LogP contribution in [0.1, 0.15) is 6.42 Å². The summed E-state index contributed by atoms with van der Waals surface area (Å²) in [6.45, 7) is 1.86. The number of ether oxygens (including phenoxy) is 1. The Morgan fingerprint density at radius 2 is 2.39 bits per heavy atom. The van der Waals surface area contributed by atoms with Gasteiger partial charge in [-0.3, -0.25) is 4.79 Å². The number of halogens is 1. The first kappa shape index (κ1) is 17.4. The zero-order valence-corrected chi connectivity index (χ0v) is 13.7. The van der Waals surface area contributed by atoms with E-state index in [1.165, 1.54) is 0 Å². The molecule has 0 saturated carbocycles. The number of rotatable bonds is 5. The molecule has 7 nitrogen and oxygen atoms in total. The van der Waals surface area contributed by atoms with Crippen LogP contribution >= 0.6 is 12.4 Å². The van der Waals surface area contributed by atoms with Crippen LogP contribution in [0.5, 0.6) is 0 Å². The molecule has 1 unspecified atom stereocenters. The van der Waals surface area contributed by atoms with Crippen LogP contribution in [0.25, 0.3) is 5.82 Å². The molecule has 2 aromatic heterocycles. The molecule has 0 aromatic carbocycles. The van der Waals surface area contributed by atoms with Gasteiger partial charge in [0, 0.05) is 26.0 Å². The van der Waals surface area contributed by atoms with Gasteiger partial charge in [0.2, 0.25) is 5.91 Å². The Hall–Kier alpha value is -1.96. The van der Waals surface area contributed by atoms with Crippen LogP contribution in [-0.2, 0) is 9.53 Å². The third kappa shape index (κ3) is 3.69. The van der Waals surface area contributed by atoms with E-state index in [0.29, 0.717) is 24.7 Å². The third-order valence-corrected chi connectivity index (χ3v) is 3.89. The van der Waals surface area contributed by atoms with Crippen molar-refractivity contribution < 1.29 is 9.53 Å². The normalized spacial score (nSPS) is 20.0. The first-order valence-corrected chi connectivity index (χ1v) is 7.21. The van der Waals surface area contributed by atoms with E-state index in [2.05, 4.69) is 20.7 Å². The second-order valence-electron chi connectivity index (χ2n) is 5.45. The lowest BCUT2D eigenvalue weighted by Gasteiger charge is -2.25. The minimum absolute atomic E-state index is 0. The number of methoxy groups -OCH3 is 1. The highest BCUT2D eigenvalue weighted by Gasteiger charge is 2.41. The van der Waals surface area contributed by atoms with Crippen LogP contribution in [0.15, 0.2) is 36.8 Å². The van der Waals surface area contributed by atoms with E-state index < -0.39 is 5.41 Å². The third-order valence-electron chi connectivity index (χ3n) is 3.89. The molecule has 23 heavy (non-hydrogen) atoms. The largest absolute Gasteiger partial charge is 0.384 e. The van der Waals surface area contributed by atoms with Crippen LogP contribution in [0.3, 0.4) is 0 Å². The minimum Gasteiger partial charge on any atom is -0.384 e. The van der Waals surface area contributed by atoms with Crippen molar-refractivity contribution in [1.82, 2.24) is 20.1 Å². The quantitative estimate of drug-likeness (QED) is 0.858. The summed E-state index contributed by atoms with van der Waals surface area (Å²) in [6, 6.07) is 5.47. The van der Waals surface area contributed by atoms with Gasteiger partial charge in [-0.15, -0.1) is 12.4 Å². The SMILES string of the molecule is COCC1(C(=O)Nc2ccc(-n3cccn3)nc2)CCNC1.Cl. The molecule has 8 heteroatoms. The maximum absolute atomic E-state index is 12.6. The lowest BCUT2D eigenvalue weighted by atomic mass is 9.87. The van der Waals surface area contributed by atoms with Crippen molar-refractivity contribution in [1.29, 1.82) is 0 Å². The fourth-order valence-electron chi connectivity index (χ4n) is 2.67. The van der Waals surface area contributed by atoms with Gasteiger partial charge in [0.25, 0.3) is 0 Å². The van der Waals surface area contributed by atoms with E-state index in [0.717, 1.165) is 13.0 Å². The first-order valence-electron chi connectivity index (χ1n) is 7.21. The predicted molar refractivity (Wildman–Crippen MR) is 89.0 cm³/mol. The van der Waals surface area contributed by atoms with E-state index >= 15 is 0 Å². The van der Waals surface area contributed by atoms with Crippen LogP contribution in [0.2, 0.25) is 0 Å². The van der Waals surface area contributed by atoms with E-state index in [-0.39, 0.29) is 18.3 Å². The zero-order chi connectivity index (χ0) is 15.4. The molecular weight excluding hydrogens is 318 g/mol. The molecular formula is C15H20ClN5O2. The number of pyridine rings is 1. The number of hydrogen-bond donors (Lipinski definition) is 2. The predicted octanol–water partition coefficient (Wildman–Crippen LogP) is 1.25. The Labute approximate surface area is 140 Å². The van der Waals surface area contributed by atoms with Gasteiger partial charge in [-0.05, 0) is 31.2 Å². The van der Waals surface area contributed by atoms with Gasteiger partial charge >= 0.3 is 0 Å². The summed E-state index contributed by atoms with van der Waals surface area (Å²) < 4.78 is 6.89. The van der Waals surface area contributed by atoms with Gasteiger partial charge in [0.05, 0.1) is 23.9 Å². The molecule has 1 atom stereocenters. The Balaban J connectivity index is 0.00000192. The molecule has 124 valence electrons. The number of nitrogens with one attached hydrogen (secondary N) is 2. The minimum atomic E-state index is -0.505. The van der Waals surface area contributed by atoms with E-state index in [9.17, 15) is 4.79 Å². The number of amides is 1. The molecule has 0 bridgehead atoms. The fourth-order valence-corrected chi connectivity index (χ4v) is 2.67. The van der Waals surface area contributed by atoms with Crippen molar-refractivity contribution in [2.45, 2.75) is 6.42 Å². The molecule has 3 rings (SSSR count). The molecule has 0 spiro atoms. The molecule has 0 radical (unpaired) electrons. The number of carbonyl (C=O) groups excluding carboxylic acids is 1. The van der Waals surface area contributed by atoms with Gasteiger partial charge in [-0.25, -0.2) is 9.67 Å². The van der Waals surface area contributed by atoms with Crippen molar-refractivity contribution in [3.8, 4) is 5.82 Å². The molecule has 3 heterocycles. The van der Waals surface area contributed by atoms with E-state index in [4.69, 9.17) is 4.74 Å². The van der Waals surface area contributed by atoms with Crippen LogP contribution in [-0.4, -0.2) is 47.5 Å². The molecule has 0 aliphatic carbocycles. The van der Waals surface area contributed by atoms with Gasteiger partial charge < -0.3 is 15.4 Å². The number of anilines is 1. The van der Waals surface area contributed by atoms with Gasteiger partial charge in [-0.1, -0.05) is 0 Å². The summed E-state index contributed by atoms with van der Waals surface area (Å²) in [7, 11) is 1.62.